The van der Waals surface area contributed by atoms with Crippen LogP contribution in [-0.2, 0) is 14.3 Å². The molecule has 2 rings (SSSR count). The number of carbonyl (C=O) groups is 2. The Morgan fingerprint density at radius 2 is 1.95 bits per heavy atom. The Bertz CT molecular complexity index is 655. The van der Waals surface area contributed by atoms with Gasteiger partial charge in [0.2, 0.25) is 0 Å². The Hall–Kier alpha value is -2.56. The molecule has 5 nitrogen and oxygen atoms in total. The Kier molecular flexibility index (Phi) is 3.66. The predicted molar refractivity (Wildman–Crippen MR) is 70.7 cm³/mol. The third-order valence-corrected chi connectivity index (χ3v) is 2.66. The van der Waals surface area contributed by atoms with Crippen LogP contribution < -0.4 is 0 Å². The average Bonchev–Trinajstić information content (AvgIpc) is 2.85. The van der Waals surface area contributed by atoms with Crippen molar-refractivity contribution in [2.24, 2.45) is 0 Å². The van der Waals surface area contributed by atoms with E-state index in [9.17, 15) is 9.59 Å². The number of ether oxygens (including phenoxy) is 2. The number of methoxy groups -OCH3 is 2. The highest BCUT2D eigenvalue weighted by molar-refractivity contribution is 5.95. The summed E-state index contributed by atoms with van der Waals surface area (Å²) < 4.78 is 9.17. The van der Waals surface area contributed by atoms with E-state index >= 15 is 0 Å². The number of carbonyl (C=O) groups excluding carboxylic acids is 2. The first kappa shape index (κ1) is 12.9. The first-order chi connectivity index (χ1) is 9.13. The van der Waals surface area contributed by atoms with Crippen molar-refractivity contribution in [3.63, 3.8) is 0 Å². The van der Waals surface area contributed by atoms with Gasteiger partial charge < -0.3 is 14.5 Å². The average molecular weight is 259 g/mol. The van der Waals surface area contributed by atoms with Gasteiger partial charge in [0, 0.05) is 22.7 Å². The number of hydrogen-bond donors (Lipinski definition) is 1. The molecule has 0 aliphatic carbocycles. The molecule has 0 aliphatic heterocycles. The van der Waals surface area contributed by atoms with Crippen molar-refractivity contribution in [2.75, 3.05) is 14.2 Å². The van der Waals surface area contributed by atoms with Gasteiger partial charge in [-0.1, -0.05) is 0 Å². The van der Waals surface area contributed by atoms with Crippen molar-refractivity contribution in [2.45, 2.75) is 0 Å². The van der Waals surface area contributed by atoms with Crippen molar-refractivity contribution in [3.8, 4) is 0 Å². The summed E-state index contributed by atoms with van der Waals surface area (Å²) in [7, 11) is 2.66. The Morgan fingerprint density at radius 3 is 2.63 bits per heavy atom. The lowest BCUT2D eigenvalue weighted by Crippen LogP contribution is -2.00. The summed E-state index contributed by atoms with van der Waals surface area (Å²) in [5.74, 6) is -0.802. The zero-order valence-electron chi connectivity index (χ0n) is 10.6. The van der Waals surface area contributed by atoms with E-state index in [0.717, 1.165) is 16.6 Å². The minimum absolute atomic E-state index is 0.380. The second-order valence-electron chi connectivity index (χ2n) is 3.87. The van der Waals surface area contributed by atoms with Crippen LogP contribution in [0.15, 0.2) is 30.3 Å². The maximum Gasteiger partial charge on any atom is 0.337 e. The Balaban J connectivity index is 2.33. The van der Waals surface area contributed by atoms with Gasteiger partial charge in [0.25, 0.3) is 0 Å². The number of nitrogens with one attached hydrogen (secondary N) is 1. The van der Waals surface area contributed by atoms with Gasteiger partial charge in [0.05, 0.1) is 19.8 Å². The zero-order chi connectivity index (χ0) is 13.8. The number of rotatable bonds is 3. The molecule has 19 heavy (non-hydrogen) atoms. The van der Waals surface area contributed by atoms with Crippen LogP contribution >= 0.6 is 0 Å². The fraction of sp³-hybridized carbons (Fsp3) is 0.143. The van der Waals surface area contributed by atoms with Gasteiger partial charge in [-0.15, -0.1) is 0 Å². The largest absolute Gasteiger partial charge is 0.466 e. The number of aromatic nitrogens is 1. The number of esters is 2. The van der Waals surface area contributed by atoms with Gasteiger partial charge in [0.15, 0.2) is 0 Å². The van der Waals surface area contributed by atoms with Crippen molar-refractivity contribution in [1.29, 1.82) is 0 Å². The molecule has 0 spiro atoms. The normalized spacial score (nSPS) is 10.8. The number of H-pyrrole nitrogens is 1. The van der Waals surface area contributed by atoms with E-state index in [0.29, 0.717) is 5.56 Å². The van der Waals surface area contributed by atoms with Crippen molar-refractivity contribution >= 4 is 28.9 Å². The number of hydrogen-bond acceptors (Lipinski definition) is 4. The minimum atomic E-state index is -0.422. The summed E-state index contributed by atoms with van der Waals surface area (Å²) in [6.45, 7) is 0. The van der Waals surface area contributed by atoms with Gasteiger partial charge in [0.1, 0.15) is 0 Å². The first-order valence-electron chi connectivity index (χ1n) is 5.61. The molecule has 0 saturated heterocycles. The second-order valence-corrected chi connectivity index (χ2v) is 3.87. The molecule has 1 heterocycles. The molecule has 0 atom stereocenters. The van der Waals surface area contributed by atoms with E-state index < -0.39 is 5.97 Å². The standard InChI is InChI=1S/C14H13NO4/c1-18-13(16)6-4-11-8-10-7-9(14(17)19-2)3-5-12(10)15-11/h3-8,15H,1-2H3. The monoisotopic (exact) mass is 259 g/mol. The molecule has 0 saturated carbocycles. The topological polar surface area (TPSA) is 68.4 Å². The summed E-state index contributed by atoms with van der Waals surface area (Å²) in [4.78, 5) is 25.5. The van der Waals surface area contributed by atoms with Crippen LogP contribution in [0.2, 0.25) is 0 Å². The van der Waals surface area contributed by atoms with E-state index in [1.165, 1.54) is 20.3 Å². The van der Waals surface area contributed by atoms with Crippen LogP contribution in [0.4, 0.5) is 0 Å². The molecular weight excluding hydrogens is 246 g/mol. The minimum Gasteiger partial charge on any atom is -0.466 e. The van der Waals surface area contributed by atoms with Crippen molar-refractivity contribution < 1.29 is 19.1 Å². The molecule has 0 aliphatic rings. The first-order valence-corrected chi connectivity index (χ1v) is 5.61. The SMILES string of the molecule is COC(=O)C=Cc1cc2cc(C(=O)OC)ccc2[nH]1. The zero-order valence-corrected chi connectivity index (χ0v) is 10.6. The number of aromatic amines is 1. The Labute approximate surface area is 109 Å². The maximum atomic E-state index is 11.4. The summed E-state index contributed by atoms with van der Waals surface area (Å²) in [5.41, 5.74) is 2.11. The summed E-state index contributed by atoms with van der Waals surface area (Å²) in [6, 6.07) is 7.03. The Morgan fingerprint density at radius 1 is 1.16 bits per heavy atom. The van der Waals surface area contributed by atoms with Gasteiger partial charge in [-0.25, -0.2) is 9.59 Å². The van der Waals surface area contributed by atoms with Crippen LogP contribution in [0.5, 0.6) is 0 Å². The van der Waals surface area contributed by atoms with E-state index in [1.54, 1.807) is 24.3 Å². The van der Waals surface area contributed by atoms with Gasteiger partial charge in [-0.05, 0) is 30.3 Å². The maximum absolute atomic E-state index is 11.4. The number of benzene rings is 1. The highest BCUT2D eigenvalue weighted by Crippen LogP contribution is 2.18. The molecule has 1 N–H and O–H groups in total. The molecule has 0 amide bonds. The summed E-state index contributed by atoms with van der Waals surface area (Å²) in [6.07, 6.45) is 2.94. The van der Waals surface area contributed by atoms with Crippen LogP contribution in [0.1, 0.15) is 16.1 Å². The number of fused-ring (bicyclic) bond motifs is 1. The fourth-order valence-corrected chi connectivity index (χ4v) is 1.72. The lowest BCUT2D eigenvalue weighted by Gasteiger charge is -1.98. The predicted octanol–water partition coefficient (Wildman–Crippen LogP) is 2.14. The van der Waals surface area contributed by atoms with Gasteiger partial charge >= 0.3 is 11.9 Å². The molecule has 0 bridgehead atoms. The molecule has 98 valence electrons. The highest BCUT2D eigenvalue weighted by Gasteiger charge is 2.07. The molecule has 1 aromatic heterocycles. The molecule has 1 aromatic carbocycles. The fourth-order valence-electron chi connectivity index (χ4n) is 1.72. The third kappa shape index (κ3) is 2.82. The summed E-state index contributed by atoms with van der Waals surface area (Å²) >= 11 is 0. The van der Waals surface area contributed by atoms with E-state index in [1.807, 2.05) is 6.07 Å². The lowest BCUT2D eigenvalue weighted by atomic mass is 10.1. The van der Waals surface area contributed by atoms with Crippen LogP contribution in [0, 0.1) is 0 Å². The molecule has 0 fully saturated rings. The van der Waals surface area contributed by atoms with Crippen LogP contribution in [0.25, 0.3) is 17.0 Å². The third-order valence-electron chi connectivity index (χ3n) is 2.66. The van der Waals surface area contributed by atoms with Gasteiger partial charge in [-0.3, -0.25) is 0 Å². The smallest absolute Gasteiger partial charge is 0.337 e. The van der Waals surface area contributed by atoms with Crippen LogP contribution in [-0.4, -0.2) is 31.1 Å². The van der Waals surface area contributed by atoms with Gasteiger partial charge in [-0.2, -0.15) is 0 Å². The van der Waals surface area contributed by atoms with Crippen molar-refractivity contribution in [3.05, 3.63) is 41.6 Å². The lowest BCUT2D eigenvalue weighted by molar-refractivity contribution is -0.134. The molecule has 0 radical (unpaired) electrons. The second kappa shape index (κ2) is 5.39. The molecule has 0 unspecified atom stereocenters. The molecule has 2 aromatic rings. The highest BCUT2D eigenvalue weighted by atomic mass is 16.5. The van der Waals surface area contributed by atoms with Crippen LogP contribution in [0.3, 0.4) is 0 Å². The quantitative estimate of drug-likeness (QED) is 0.677. The molecule has 5 heteroatoms. The van der Waals surface area contributed by atoms with E-state index in [2.05, 4.69) is 14.5 Å². The van der Waals surface area contributed by atoms with E-state index in [4.69, 9.17) is 0 Å². The summed E-state index contributed by atoms with van der Waals surface area (Å²) in [5, 5.41) is 0.868. The van der Waals surface area contributed by atoms with E-state index in [-0.39, 0.29) is 5.97 Å². The molecular formula is C14H13NO4. The van der Waals surface area contributed by atoms with Crippen molar-refractivity contribution in [1.82, 2.24) is 4.98 Å².